The minimum atomic E-state index is 0.560. The topological polar surface area (TPSA) is 15.3 Å². The first-order chi connectivity index (χ1) is 7.22. The molecule has 1 N–H and O–H groups in total. The monoisotopic (exact) mass is 204 g/mol. The van der Waals surface area contributed by atoms with Crippen molar-refractivity contribution in [2.75, 3.05) is 26.0 Å². The summed E-state index contributed by atoms with van der Waals surface area (Å²) in [6.45, 7) is 0. The van der Waals surface area contributed by atoms with Crippen LogP contribution in [0.15, 0.2) is 18.2 Å². The molecule has 1 aromatic rings. The Bertz CT molecular complexity index is 344. The molecule has 0 bridgehead atoms. The molecule has 2 nitrogen and oxygen atoms in total. The number of hydrogen-bond donors (Lipinski definition) is 1. The molecule has 15 heavy (non-hydrogen) atoms. The van der Waals surface area contributed by atoms with E-state index in [2.05, 4.69) is 49.6 Å². The third-order valence-electron chi connectivity index (χ3n) is 3.31. The number of aryl methyl sites for hydroxylation is 1. The summed E-state index contributed by atoms with van der Waals surface area (Å²) in [5.41, 5.74) is 4.33. The van der Waals surface area contributed by atoms with E-state index >= 15 is 0 Å². The van der Waals surface area contributed by atoms with Crippen molar-refractivity contribution in [3.05, 3.63) is 29.3 Å². The quantitative estimate of drug-likeness (QED) is 0.795. The van der Waals surface area contributed by atoms with Crippen LogP contribution in [0.2, 0.25) is 0 Å². The fourth-order valence-corrected chi connectivity index (χ4v) is 2.38. The molecule has 1 aliphatic carbocycles. The maximum Gasteiger partial charge on any atom is 0.0363 e. The molecule has 0 aromatic heterocycles. The predicted octanol–water partition coefficient (Wildman–Crippen LogP) is 2.35. The molecular formula is C13H20N2. The van der Waals surface area contributed by atoms with Crippen molar-refractivity contribution in [3.63, 3.8) is 0 Å². The summed E-state index contributed by atoms with van der Waals surface area (Å²) in [7, 11) is 6.25. The Morgan fingerprint density at radius 3 is 2.80 bits per heavy atom. The van der Waals surface area contributed by atoms with Crippen LogP contribution in [0.4, 0.5) is 5.69 Å². The Labute approximate surface area is 92.3 Å². The van der Waals surface area contributed by atoms with Gasteiger partial charge >= 0.3 is 0 Å². The first kappa shape index (κ1) is 10.5. The summed E-state index contributed by atoms with van der Waals surface area (Å²) in [6.07, 6.45) is 3.80. The first-order valence-corrected chi connectivity index (χ1v) is 5.70. The first-order valence-electron chi connectivity index (χ1n) is 5.70. The summed E-state index contributed by atoms with van der Waals surface area (Å²) in [6, 6.07) is 7.39. The summed E-state index contributed by atoms with van der Waals surface area (Å²) in [5, 5.41) is 3.40. The van der Waals surface area contributed by atoms with Crippen molar-refractivity contribution in [1.29, 1.82) is 0 Å². The van der Waals surface area contributed by atoms with Crippen LogP contribution in [0.25, 0.3) is 0 Å². The second-order valence-electron chi connectivity index (χ2n) is 4.51. The number of nitrogens with one attached hydrogen (secondary N) is 1. The van der Waals surface area contributed by atoms with Gasteiger partial charge < -0.3 is 10.2 Å². The SMILES string of the molecule is CNC1CCCc2cc(N(C)C)ccc21. The van der Waals surface area contributed by atoms with E-state index in [0.717, 1.165) is 0 Å². The Balaban J connectivity index is 2.36. The lowest BCUT2D eigenvalue weighted by Crippen LogP contribution is -2.22. The second kappa shape index (κ2) is 4.23. The van der Waals surface area contributed by atoms with Gasteiger partial charge in [-0.25, -0.2) is 0 Å². The van der Waals surface area contributed by atoms with Gasteiger partial charge in [-0.3, -0.25) is 0 Å². The van der Waals surface area contributed by atoms with Crippen molar-refractivity contribution in [3.8, 4) is 0 Å². The summed E-state index contributed by atoms with van der Waals surface area (Å²) in [5.74, 6) is 0. The van der Waals surface area contributed by atoms with Gasteiger partial charge in [0.05, 0.1) is 0 Å². The molecule has 2 heteroatoms. The molecular weight excluding hydrogens is 184 g/mol. The Kier molecular flexibility index (Phi) is 2.96. The fourth-order valence-electron chi connectivity index (χ4n) is 2.38. The maximum atomic E-state index is 3.40. The third-order valence-corrected chi connectivity index (χ3v) is 3.31. The molecule has 0 radical (unpaired) electrons. The van der Waals surface area contributed by atoms with Crippen LogP contribution in [-0.4, -0.2) is 21.1 Å². The number of nitrogens with zero attached hydrogens (tertiary/aromatic N) is 1. The average Bonchev–Trinajstić information content (AvgIpc) is 2.27. The van der Waals surface area contributed by atoms with Crippen LogP contribution in [0.1, 0.15) is 30.0 Å². The van der Waals surface area contributed by atoms with Crippen LogP contribution in [0.3, 0.4) is 0 Å². The molecule has 0 heterocycles. The van der Waals surface area contributed by atoms with E-state index in [0.29, 0.717) is 6.04 Å². The van der Waals surface area contributed by atoms with Crippen LogP contribution >= 0.6 is 0 Å². The van der Waals surface area contributed by atoms with Gasteiger partial charge in [-0.15, -0.1) is 0 Å². The molecule has 0 spiro atoms. The minimum absolute atomic E-state index is 0.560. The zero-order valence-electron chi connectivity index (χ0n) is 9.88. The smallest absolute Gasteiger partial charge is 0.0363 e. The maximum absolute atomic E-state index is 3.40. The van der Waals surface area contributed by atoms with E-state index < -0.39 is 0 Å². The van der Waals surface area contributed by atoms with E-state index in [9.17, 15) is 0 Å². The standard InChI is InChI=1S/C13H20N2/c1-14-13-6-4-5-10-9-11(15(2)3)7-8-12(10)13/h7-9,13-14H,4-6H2,1-3H3. The molecule has 2 rings (SSSR count). The van der Waals surface area contributed by atoms with Gasteiger partial charge in [0.1, 0.15) is 0 Å². The fraction of sp³-hybridized carbons (Fsp3) is 0.538. The molecule has 0 saturated heterocycles. The third kappa shape index (κ3) is 2.00. The Hall–Kier alpha value is -1.02. The molecule has 0 amide bonds. The summed E-state index contributed by atoms with van der Waals surface area (Å²) in [4.78, 5) is 2.17. The van der Waals surface area contributed by atoms with Crippen molar-refractivity contribution >= 4 is 5.69 Å². The van der Waals surface area contributed by atoms with E-state index in [-0.39, 0.29) is 0 Å². The number of anilines is 1. The van der Waals surface area contributed by atoms with Crippen molar-refractivity contribution in [2.45, 2.75) is 25.3 Å². The predicted molar refractivity (Wildman–Crippen MR) is 65.5 cm³/mol. The van der Waals surface area contributed by atoms with E-state index in [1.54, 1.807) is 0 Å². The number of rotatable bonds is 2. The average molecular weight is 204 g/mol. The molecule has 1 unspecified atom stereocenters. The van der Waals surface area contributed by atoms with Crippen molar-refractivity contribution < 1.29 is 0 Å². The normalized spacial score (nSPS) is 19.8. The van der Waals surface area contributed by atoms with E-state index in [1.165, 1.54) is 36.1 Å². The number of hydrogen-bond acceptors (Lipinski definition) is 2. The number of fused-ring (bicyclic) bond motifs is 1. The largest absolute Gasteiger partial charge is 0.378 e. The van der Waals surface area contributed by atoms with Crippen LogP contribution in [0, 0.1) is 0 Å². The van der Waals surface area contributed by atoms with Crippen LogP contribution in [-0.2, 0) is 6.42 Å². The summed E-state index contributed by atoms with van der Waals surface area (Å²) >= 11 is 0. The zero-order chi connectivity index (χ0) is 10.8. The number of benzene rings is 1. The van der Waals surface area contributed by atoms with Crippen LogP contribution in [0.5, 0.6) is 0 Å². The lowest BCUT2D eigenvalue weighted by molar-refractivity contribution is 0.496. The van der Waals surface area contributed by atoms with Gasteiger partial charge in [0.25, 0.3) is 0 Å². The summed E-state index contributed by atoms with van der Waals surface area (Å²) < 4.78 is 0. The Morgan fingerprint density at radius 2 is 2.13 bits per heavy atom. The molecule has 0 saturated carbocycles. The Morgan fingerprint density at radius 1 is 1.33 bits per heavy atom. The zero-order valence-corrected chi connectivity index (χ0v) is 9.88. The molecule has 1 atom stereocenters. The van der Waals surface area contributed by atoms with Gasteiger partial charge in [-0.1, -0.05) is 6.07 Å². The van der Waals surface area contributed by atoms with E-state index in [1.807, 2.05) is 0 Å². The highest BCUT2D eigenvalue weighted by atomic mass is 15.1. The highest BCUT2D eigenvalue weighted by Gasteiger charge is 2.18. The van der Waals surface area contributed by atoms with Gasteiger partial charge in [0.2, 0.25) is 0 Å². The molecule has 1 aliphatic rings. The molecule has 0 aliphatic heterocycles. The van der Waals surface area contributed by atoms with Gasteiger partial charge in [-0.2, -0.15) is 0 Å². The van der Waals surface area contributed by atoms with Gasteiger partial charge in [-0.05, 0) is 49.6 Å². The lowest BCUT2D eigenvalue weighted by Gasteiger charge is -2.26. The second-order valence-corrected chi connectivity index (χ2v) is 4.51. The van der Waals surface area contributed by atoms with E-state index in [4.69, 9.17) is 0 Å². The van der Waals surface area contributed by atoms with Gasteiger partial charge in [0.15, 0.2) is 0 Å². The van der Waals surface area contributed by atoms with Crippen LogP contribution < -0.4 is 10.2 Å². The lowest BCUT2D eigenvalue weighted by atomic mass is 9.87. The van der Waals surface area contributed by atoms with Crippen molar-refractivity contribution in [2.24, 2.45) is 0 Å². The molecule has 82 valence electrons. The molecule has 0 fully saturated rings. The van der Waals surface area contributed by atoms with Crippen molar-refractivity contribution in [1.82, 2.24) is 5.32 Å². The molecule has 1 aromatic carbocycles. The highest BCUT2D eigenvalue weighted by molar-refractivity contribution is 5.51. The highest BCUT2D eigenvalue weighted by Crippen LogP contribution is 2.31. The minimum Gasteiger partial charge on any atom is -0.378 e. The van der Waals surface area contributed by atoms with Gasteiger partial charge in [0, 0.05) is 25.8 Å².